The van der Waals surface area contributed by atoms with Crippen molar-refractivity contribution in [2.75, 3.05) is 5.33 Å². The predicted octanol–water partition coefficient (Wildman–Crippen LogP) is 2.94. The zero-order valence-corrected chi connectivity index (χ0v) is 7.84. The smallest absolute Gasteiger partial charge is 0.0209 e. The molecule has 0 bridgehead atoms. The van der Waals surface area contributed by atoms with Gasteiger partial charge in [0.2, 0.25) is 0 Å². The van der Waals surface area contributed by atoms with Crippen molar-refractivity contribution in [3.8, 4) is 0 Å². The Balaban J connectivity index is 3.15. The number of rotatable bonds is 2. The van der Waals surface area contributed by atoms with Crippen molar-refractivity contribution in [3.63, 3.8) is 0 Å². The van der Waals surface area contributed by atoms with Gasteiger partial charge in [-0.05, 0) is 6.42 Å². The van der Waals surface area contributed by atoms with E-state index in [0.29, 0.717) is 4.32 Å². The van der Waals surface area contributed by atoms with Crippen molar-refractivity contribution in [3.05, 3.63) is 0 Å². The second-order valence-corrected chi connectivity index (χ2v) is 5.10. The highest BCUT2D eigenvalue weighted by molar-refractivity contribution is 9.10. The predicted molar refractivity (Wildman–Crippen MR) is 41.4 cm³/mol. The minimum Gasteiger partial charge on any atom is -0.0928 e. The summed E-state index contributed by atoms with van der Waals surface area (Å²) in [5.74, 6) is 0. The molecule has 0 heterocycles. The Morgan fingerprint density at radius 1 is 1.43 bits per heavy atom. The van der Waals surface area contributed by atoms with Gasteiger partial charge in [0.25, 0.3) is 0 Å². The summed E-state index contributed by atoms with van der Waals surface area (Å²) in [5, 5.41) is 1.07. The van der Waals surface area contributed by atoms with E-state index in [2.05, 4.69) is 45.7 Å². The van der Waals surface area contributed by atoms with Gasteiger partial charge in [0.1, 0.15) is 0 Å². The van der Waals surface area contributed by atoms with E-state index in [9.17, 15) is 0 Å². The lowest BCUT2D eigenvalue weighted by atomic mass is 10.2. The average Bonchev–Trinajstić information content (AvgIpc) is 1.30. The highest BCUT2D eigenvalue weighted by Crippen LogP contribution is 2.20. The van der Waals surface area contributed by atoms with Crippen LogP contribution in [0.15, 0.2) is 0 Å². The molecule has 0 aromatic carbocycles. The van der Waals surface area contributed by atoms with Crippen LogP contribution in [0.1, 0.15) is 20.3 Å². The van der Waals surface area contributed by atoms with E-state index < -0.39 is 0 Å². The summed E-state index contributed by atoms with van der Waals surface area (Å²) in [7, 11) is 0. The van der Waals surface area contributed by atoms with E-state index in [0.717, 1.165) is 5.33 Å². The molecule has 2 heteroatoms. The maximum atomic E-state index is 3.51. The first-order valence-corrected chi connectivity index (χ1v) is 4.22. The maximum Gasteiger partial charge on any atom is 0.0209 e. The summed E-state index contributed by atoms with van der Waals surface area (Å²) < 4.78 is 0.316. The van der Waals surface area contributed by atoms with Crippen LogP contribution in [0.3, 0.4) is 0 Å². The van der Waals surface area contributed by atoms with Gasteiger partial charge in [0.15, 0.2) is 0 Å². The fraction of sp³-hybridized carbons (Fsp3) is 1.00. The lowest BCUT2D eigenvalue weighted by Crippen LogP contribution is -2.08. The van der Waals surface area contributed by atoms with Crippen LogP contribution in [0.25, 0.3) is 0 Å². The monoisotopic (exact) mass is 228 g/mol. The van der Waals surface area contributed by atoms with E-state index >= 15 is 0 Å². The van der Waals surface area contributed by atoms with Gasteiger partial charge in [-0.2, -0.15) is 0 Å². The van der Waals surface area contributed by atoms with Gasteiger partial charge in [-0.25, -0.2) is 0 Å². The Kier molecular flexibility index (Phi) is 3.50. The summed E-state index contributed by atoms with van der Waals surface area (Å²) >= 11 is 6.86. The first-order chi connectivity index (χ1) is 3.06. The molecular weight excluding hydrogens is 220 g/mol. The van der Waals surface area contributed by atoms with Crippen LogP contribution in [0.5, 0.6) is 0 Å². The minimum absolute atomic E-state index is 0.316. The highest BCUT2D eigenvalue weighted by atomic mass is 79.9. The van der Waals surface area contributed by atoms with Crippen molar-refractivity contribution in [2.24, 2.45) is 0 Å². The van der Waals surface area contributed by atoms with Crippen molar-refractivity contribution in [1.82, 2.24) is 0 Å². The zero-order valence-electron chi connectivity index (χ0n) is 4.67. The lowest BCUT2D eigenvalue weighted by molar-refractivity contribution is 0.710. The largest absolute Gasteiger partial charge is 0.0928 e. The van der Waals surface area contributed by atoms with Gasteiger partial charge in [-0.1, -0.05) is 45.7 Å². The molecule has 0 unspecified atom stereocenters. The summed E-state index contributed by atoms with van der Waals surface area (Å²) in [6.07, 6.45) is 1.17. The Hall–Kier alpha value is 0.960. The molecule has 7 heavy (non-hydrogen) atoms. The molecule has 0 radical (unpaired) electrons. The van der Waals surface area contributed by atoms with Crippen LogP contribution in [-0.4, -0.2) is 9.65 Å². The van der Waals surface area contributed by atoms with Gasteiger partial charge in [-0.15, -0.1) is 0 Å². The molecule has 0 nitrogen and oxygen atoms in total. The second kappa shape index (κ2) is 3.08. The average molecular weight is 230 g/mol. The highest BCUT2D eigenvalue weighted by Gasteiger charge is 2.09. The van der Waals surface area contributed by atoms with Crippen LogP contribution < -0.4 is 0 Å². The van der Waals surface area contributed by atoms with Crippen LogP contribution >= 0.6 is 31.9 Å². The van der Waals surface area contributed by atoms with E-state index in [-0.39, 0.29) is 0 Å². The summed E-state index contributed by atoms with van der Waals surface area (Å²) in [5.41, 5.74) is 0. The topological polar surface area (TPSA) is 0 Å². The normalized spacial score (nSPS) is 12.0. The van der Waals surface area contributed by atoms with E-state index in [1.807, 2.05) is 0 Å². The molecule has 0 aliphatic rings. The Morgan fingerprint density at radius 3 is 1.86 bits per heavy atom. The summed E-state index contributed by atoms with van der Waals surface area (Å²) in [4.78, 5) is 0. The van der Waals surface area contributed by atoms with E-state index in [1.54, 1.807) is 0 Å². The van der Waals surface area contributed by atoms with Gasteiger partial charge < -0.3 is 0 Å². The molecule has 0 aromatic rings. The molecule has 0 N–H and O–H groups in total. The van der Waals surface area contributed by atoms with E-state index in [4.69, 9.17) is 0 Å². The molecule has 0 rings (SSSR count). The minimum atomic E-state index is 0.316. The number of halogens is 2. The molecular formula is C5H10Br2. The zero-order chi connectivity index (χ0) is 5.91. The molecule has 0 atom stereocenters. The maximum absolute atomic E-state index is 3.51. The van der Waals surface area contributed by atoms with Gasteiger partial charge in [0.05, 0.1) is 0 Å². The SMILES string of the molecule is CC(C)(Br)CCBr. The van der Waals surface area contributed by atoms with Crippen LogP contribution in [0, 0.1) is 0 Å². The molecule has 0 aliphatic carbocycles. The molecule has 0 aliphatic heterocycles. The van der Waals surface area contributed by atoms with Crippen molar-refractivity contribution >= 4 is 31.9 Å². The Morgan fingerprint density at radius 2 is 1.86 bits per heavy atom. The van der Waals surface area contributed by atoms with Gasteiger partial charge in [0, 0.05) is 9.65 Å². The summed E-state index contributed by atoms with van der Waals surface area (Å²) in [6.45, 7) is 4.32. The van der Waals surface area contributed by atoms with Crippen LogP contribution in [0.4, 0.5) is 0 Å². The quantitative estimate of drug-likeness (QED) is 0.639. The fourth-order valence-corrected chi connectivity index (χ4v) is 1.95. The first-order valence-electron chi connectivity index (χ1n) is 2.31. The standard InChI is InChI=1S/C5H10Br2/c1-5(2,7)3-4-6/h3-4H2,1-2H3. The second-order valence-electron chi connectivity index (χ2n) is 2.16. The van der Waals surface area contributed by atoms with Crippen LogP contribution in [0.2, 0.25) is 0 Å². The summed E-state index contributed by atoms with van der Waals surface area (Å²) in [6, 6.07) is 0. The molecule has 0 amide bonds. The van der Waals surface area contributed by atoms with Gasteiger partial charge >= 0.3 is 0 Å². The number of hydrogen-bond acceptors (Lipinski definition) is 0. The molecule has 0 fully saturated rings. The van der Waals surface area contributed by atoms with Crippen molar-refractivity contribution < 1.29 is 0 Å². The molecule has 0 aromatic heterocycles. The molecule has 44 valence electrons. The molecule has 0 saturated carbocycles. The third-order valence-electron chi connectivity index (χ3n) is 0.689. The molecule has 0 saturated heterocycles. The lowest BCUT2D eigenvalue weighted by Gasteiger charge is -2.12. The van der Waals surface area contributed by atoms with Crippen molar-refractivity contribution in [1.29, 1.82) is 0 Å². The Labute approximate surface area is 61.9 Å². The molecule has 0 spiro atoms. The van der Waals surface area contributed by atoms with E-state index in [1.165, 1.54) is 6.42 Å². The Bertz CT molecular complexity index is 44.5. The first kappa shape index (κ1) is 7.96. The third kappa shape index (κ3) is 6.96. The van der Waals surface area contributed by atoms with Crippen molar-refractivity contribution in [2.45, 2.75) is 24.6 Å². The van der Waals surface area contributed by atoms with Gasteiger partial charge in [-0.3, -0.25) is 0 Å². The number of hydrogen-bond donors (Lipinski definition) is 0. The third-order valence-corrected chi connectivity index (χ3v) is 1.48. The van der Waals surface area contributed by atoms with Crippen LogP contribution in [-0.2, 0) is 0 Å². The number of alkyl halides is 2. The fourth-order valence-electron chi connectivity index (χ4n) is 0.225.